The lowest BCUT2D eigenvalue weighted by molar-refractivity contribution is 0.0942. The molecule has 0 aliphatic carbocycles. The zero-order valence-electron chi connectivity index (χ0n) is 12.1. The van der Waals surface area contributed by atoms with E-state index in [0.29, 0.717) is 5.56 Å². The van der Waals surface area contributed by atoms with Crippen LogP contribution in [0, 0.1) is 13.8 Å². The second-order valence-corrected chi connectivity index (χ2v) is 6.50. The number of amides is 1. The van der Waals surface area contributed by atoms with Crippen molar-refractivity contribution >= 4 is 15.9 Å². The van der Waals surface area contributed by atoms with Crippen LogP contribution in [0.4, 0.5) is 0 Å². The summed E-state index contributed by atoms with van der Waals surface area (Å²) in [5, 5.41) is 9.56. The van der Waals surface area contributed by atoms with Crippen LogP contribution in [0.1, 0.15) is 21.5 Å². The first kappa shape index (κ1) is 16.0. The number of nitrogens with one attached hydrogen (secondary N) is 2. The van der Waals surface area contributed by atoms with Crippen molar-refractivity contribution in [1.29, 1.82) is 0 Å². The van der Waals surface area contributed by atoms with Crippen LogP contribution in [0.2, 0.25) is 0 Å². The van der Waals surface area contributed by atoms with Gasteiger partial charge in [-0.05, 0) is 37.6 Å². The van der Waals surface area contributed by atoms with Crippen molar-refractivity contribution in [1.82, 2.24) is 10.3 Å². The third-order valence-corrected chi connectivity index (χ3v) is 4.48. The number of carbonyl (C=O) groups is 1. The number of sulfonamides is 1. The Kier molecular flexibility index (Phi) is 4.48. The van der Waals surface area contributed by atoms with E-state index in [9.17, 15) is 18.3 Å². The van der Waals surface area contributed by atoms with Crippen LogP contribution in [0.25, 0.3) is 0 Å². The molecule has 0 aliphatic heterocycles. The Hall–Kier alpha value is -2.38. The van der Waals surface area contributed by atoms with Gasteiger partial charge in [0.25, 0.3) is 15.9 Å². The minimum absolute atomic E-state index is 0.0224. The number of para-hydroxylation sites is 1. The predicted molar refractivity (Wildman–Crippen MR) is 81.8 cm³/mol. The summed E-state index contributed by atoms with van der Waals surface area (Å²) in [5.41, 5.74) is 3.57. The van der Waals surface area contributed by atoms with E-state index in [1.54, 1.807) is 31.2 Å². The van der Waals surface area contributed by atoms with E-state index < -0.39 is 15.9 Å². The molecule has 6 nitrogen and oxygen atoms in total. The molecule has 0 spiro atoms. The van der Waals surface area contributed by atoms with Crippen LogP contribution in [-0.2, 0) is 10.0 Å². The van der Waals surface area contributed by atoms with E-state index in [2.05, 4.69) is 5.43 Å². The molecule has 0 saturated carbocycles. The predicted octanol–water partition coefficient (Wildman–Crippen LogP) is 1.63. The summed E-state index contributed by atoms with van der Waals surface area (Å²) in [6, 6.07) is 10.7. The van der Waals surface area contributed by atoms with Gasteiger partial charge in [0.2, 0.25) is 0 Å². The van der Waals surface area contributed by atoms with Crippen molar-refractivity contribution in [2.24, 2.45) is 0 Å². The van der Waals surface area contributed by atoms with Gasteiger partial charge in [-0.1, -0.05) is 29.8 Å². The molecule has 0 aromatic heterocycles. The Labute approximate surface area is 128 Å². The van der Waals surface area contributed by atoms with E-state index in [-0.39, 0.29) is 16.2 Å². The van der Waals surface area contributed by atoms with Crippen molar-refractivity contribution in [3.8, 4) is 5.75 Å². The number of rotatable bonds is 4. The number of benzene rings is 2. The quantitative estimate of drug-likeness (QED) is 0.746. The molecule has 0 bridgehead atoms. The molecule has 22 heavy (non-hydrogen) atoms. The van der Waals surface area contributed by atoms with Crippen LogP contribution in [0.3, 0.4) is 0 Å². The van der Waals surface area contributed by atoms with Crippen LogP contribution < -0.4 is 10.3 Å². The van der Waals surface area contributed by atoms with E-state index in [1.165, 1.54) is 18.2 Å². The summed E-state index contributed by atoms with van der Waals surface area (Å²) in [6.07, 6.45) is 0. The Morgan fingerprint density at radius 2 is 1.77 bits per heavy atom. The smallest absolute Gasteiger partial charge is 0.269 e. The molecule has 2 aromatic rings. The van der Waals surface area contributed by atoms with Gasteiger partial charge in [-0.3, -0.25) is 10.2 Å². The molecular weight excluding hydrogens is 304 g/mol. The maximum atomic E-state index is 12.2. The number of phenolic OH excluding ortho intramolecular Hbond substituents is 1. The molecule has 0 saturated heterocycles. The van der Waals surface area contributed by atoms with Gasteiger partial charge in [-0.25, -0.2) is 8.42 Å². The largest absolute Gasteiger partial charge is 0.507 e. The van der Waals surface area contributed by atoms with Crippen LogP contribution >= 0.6 is 0 Å². The first-order valence-electron chi connectivity index (χ1n) is 6.48. The monoisotopic (exact) mass is 320 g/mol. The number of phenols is 1. The highest BCUT2D eigenvalue weighted by atomic mass is 32.2. The summed E-state index contributed by atoms with van der Waals surface area (Å²) >= 11 is 0. The van der Waals surface area contributed by atoms with Crippen LogP contribution in [0.5, 0.6) is 5.75 Å². The minimum Gasteiger partial charge on any atom is -0.507 e. The standard InChI is InChI=1S/C15H16N2O4S/c1-10-7-8-14(11(2)9-10)22(20,21)17-16-15(19)12-5-3-4-6-13(12)18/h3-9,17-18H,1-2H3,(H,16,19). The average molecular weight is 320 g/mol. The van der Waals surface area contributed by atoms with Gasteiger partial charge in [0.1, 0.15) is 5.75 Å². The minimum atomic E-state index is -3.89. The Balaban J connectivity index is 2.17. The van der Waals surface area contributed by atoms with Gasteiger partial charge in [-0.2, -0.15) is 0 Å². The molecule has 0 fully saturated rings. The number of hydrazine groups is 1. The third-order valence-electron chi connectivity index (χ3n) is 3.07. The molecule has 2 rings (SSSR count). The maximum absolute atomic E-state index is 12.2. The highest BCUT2D eigenvalue weighted by Crippen LogP contribution is 2.17. The summed E-state index contributed by atoms with van der Waals surface area (Å²) in [4.78, 5) is 14.0. The van der Waals surface area contributed by atoms with E-state index in [4.69, 9.17) is 0 Å². The number of aryl methyl sites for hydroxylation is 2. The SMILES string of the molecule is Cc1ccc(S(=O)(=O)NNC(=O)c2ccccc2O)c(C)c1. The Morgan fingerprint density at radius 1 is 1.09 bits per heavy atom. The number of aromatic hydroxyl groups is 1. The zero-order chi connectivity index (χ0) is 16.3. The summed E-state index contributed by atoms with van der Waals surface area (Å²) in [7, 11) is -3.89. The molecular formula is C15H16N2O4S. The first-order chi connectivity index (χ1) is 10.3. The van der Waals surface area contributed by atoms with Gasteiger partial charge in [-0.15, -0.1) is 4.83 Å². The molecule has 0 heterocycles. The summed E-state index contributed by atoms with van der Waals surface area (Å²) in [5.74, 6) is -0.975. The second-order valence-electron chi connectivity index (χ2n) is 4.85. The van der Waals surface area contributed by atoms with Crippen molar-refractivity contribution in [2.45, 2.75) is 18.7 Å². The Morgan fingerprint density at radius 3 is 2.41 bits per heavy atom. The van der Waals surface area contributed by atoms with Gasteiger partial charge in [0.05, 0.1) is 10.5 Å². The topological polar surface area (TPSA) is 95.5 Å². The normalized spacial score (nSPS) is 11.2. The van der Waals surface area contributed by atoms with Gasteiger partial charge in [0.15, 0.2) is 0 Å². The lowest BCUT2D eigenvalue weighted by Crippen LogP contribution is -2.41. The lowest BCUT2D eigenvalue weighted by Gasteiger charge is -2.11. The molecule has 0 atom stereocenters. The fourth-order valence-electron chi connectivity index (χ4n) is 2.00. The van der Waals surface area contributed by atoms with Crippen molar-refractivity contribution in [3.63, 3.8) is 0 Å². The first-order valence-corrected chi connectivity index (χ1v) is 7.97. The average Bonchev–Trinajstić information content (AvgIpc) is 2.45. The molecule has 0 radical (unpaired) electrons. The van der Waals surface area contributed by atoms with Gasteiger partial charge < -0.3 is 5.11 Å². The van der Waals surface area contributed by atoms with Gasteiger partial charge >= 0.3 is 0 Å². The molecule has 2 aromatic carbocycles. The van der Waals surface area contributed by atoms with E-state index in [0.717, 1.165) is 5.56 Å². The lowest BCUT2D eigenvalue weighted by atomic mass is 10.2. The van der Waals surface area contributed by atoms with Gasteiger partial charge in [0, 0.05) is 0 Å². The highest BCUT2D eigenvalue weighted by molar-refractivity contribution is 7.89. The number of hydrogen-bond donors (Lipinski definition) is 3. The number of hydrogen-bond acceptors (Lipinski definition) is 4. The molecule has 3 N–H and O–H groups in total. The fourth-order valence-corrected chi connectivity index (χ4v) is 3.07. The summed E-state index contributed by atoms with van der Waals surface area (Å²) in [6.45, 7) is 3.53. The molecule has 1 amide bonds. The van der Waals surface area contributed by atoms with Crippen molar-refractivity contribution < 1.29 is 18.3 Å². The van der Waals surface area contributed by atoms with Crippen molar-refractivity contribution in [3.05, 3.63) is 59.2 Å². The van der Waals surface area contributed by atoms with Crippen LogP contribution in [0.15, 0.2) is 47.4 Å². The van der Waals surface area contributed by atoms with Crippen molar-refractivity contribution in [2.75, 3.05) is 0 Å². The van der Waals surface area contributed by atoms with E-state index in [1.807, 2.05) is 11.8 Å². The number of carbonyl (C=O) groups excluding carboxylic acids is 1. The second kappa shape index (κ2) is 6.17. The van der Waals surface area contributed by atoms with Crippen LogP contribution in [-0.4, -0.2) is 19.4 Å². The molecule has 7 heteroatoms. The fraction of sp³-hybridized carbons (Fsp3) is 0.133. The molecule has 116 valence electrons. The summed E-state index contributed by atoms with van der Waals surface area (Å²) < 4.78 is 24.4. The molecule has 0 unspecified atom stereocenters. The highest BCUT2D eigenvalue weighted by Gasteiger charge is 2.18. The zero-order valence-corrected chi connectivity index (χ0v) is 12.9. The van der Waals surface area contributed by atoms with E-state index >= 15 is 0 Å². The molecule has 0 aliphatic rings. The Bertz CT molecular complexity index is 816. The third kappa shape index (κ3) is 3.44. The maximum Gasteiger partial charge on any atom is 0.269 e.